The average molecular weight is 198 g/mol. The Kier molecular flexibility index (Phi) is 5.60. The van der Waals surface area contributed by atoms with Crippen LogP contribution in [0.3, 0.4) is 0 Å². The first-order valence-electron chi connectivity index (χ1n) is 5.70. The van der Waals surface area contributed by atoms with E-state index >= 15 is 0 Å². The molecule has 1 aliphatic rings. The van der Waals surface area contributed by atoms with Gasteiger partial charge in [0.1, 0.15) is 6.61 Å². The summed E-state index contributed by atoms with van der Waals surface area (Å²) in [4.78, 5) is 7.69. The van der Waals surface area contributed by atoms with Gasteiger partial charge in [0.15, 0.2) is 0 Å². The van der Waals surface area contributed by atoms with E-state index in [0.717, 1.165) is 25.3 Å². The molecule has 0 N–H and O–H groups in total. The number of hydrogen-bond donors (Lipinski definition) is 0. The lowest BCUT2D eigenvalue weighted by molar-refractivity contribution is 0.102. The summed E-state index contributed by atoms with van der Waals surface area (Å²) in [5.74, 6) is 0. The molecule has 82 valence electrons. The minimum absolute atomic E-state index is 0.733. The first kappa shape index (κ1) is 11.5. The van der Waals surface area contributed by atoms with Crippen LogP contribution in [0.1, 0.15) is 39.5 Å². The van der Waals surface area contributed by atoms with E-state index in [2.05, 4.69) is 17.0 Å². The third-order valence-electron chi connectivity index (χ3n) is 2.68. The molecule has 0 aromatic heterocycles. The van der Waals surface area contributed by atoms with Crippen LogP contribution in [-0.2, 0) is 4.84 Å². The van der Waals surface area contributed by atoms with Crippen molar-refractivity contribution in [1.82, 2.24) is 4.90 Å². The summed E-state index contributed by atoms with van der Waals surface area (Å²) in [5, 5.41) is 4.02. The van der Waals surface area contributed by atoms with E-state index in [1.54, 1.807) is 0 Å². The second-order valence-corrected chi connectivity index (χ2v) is 3.92. The third-order valence-corrected chi connectivity index (χ3v) is 2.68. The molecule has 3 heteroatoms. The van der Waals surface area contributed by atoms with E-state index in [4.69, 9.17) is 4.84 Å². The van der Waals surface area contributed by atoms with E-state index in [0.29, 0.717) is 0 Å². The van der Waals surface area contributed by atoms with Gasteiger partial charge in [0.05, 0.1) is 5.71 Å². The molecule has 0 spiro atoms. The summed E-state index contributed by atoms with van der Waals surface area (Å²) in [6, 6.07) is 0. The van der Waals surface area contributed by atoms with Gasteiger partial charge in [-0.2, -0.15) is 0 Å². The lowest BCUT2D eigenvalue weighted by atomic mass is 10.1. The number of likely N-dealkylation sites (tertiary alicyclic amines) is 1. The molecule has 0 radical (unpaired) electrons. The minimum atomic E-state index is 0.733. The fourth-order valence-electron chi connectivity index (χ4n) is 1.57. The predicted molar refractivity (Wildman–Crippen MR) is 59.6 cm³/mol. The first-order chi connectivity index (χ1) is 6.83. The second kappa shape index (κ2) is 6.82. The normalized spacial score (nSPS) is 19.7. The summed E-state index contributed by atoms with van der Waals surface area (Å²) < 4.78 is 0. The zero-order valence-corrected chi connectivity index (χ0v) is 9.46. The van der Waals surface area contributed by atoms with Gasteiger partial charge in [-0.15, -0.1) is 0 Å². The van der Waals surface area contributed by atoms with E-state index in [1.807, 2.05) is 6.92 Å². The van der Waals surface area contributed by atoms with E-state index in [9.17, 15) is 0 Å². The quantitative estimate of drug-likeness (QED) is 0.384. The largest absolute Gasteiger partial charge is 0.394 e. The Bertz CT molecular complexity index is 174. The number of hydrogen-bond acceptors (Lipinski definition) is 3. The maximum atomic E-state index is 5.24. The second-order valence-electron chi connectivity index (χ2n) is 3.92. The average Bonchev–Trinajstić information content (AvgIpc) is 2.25. The van der Waals surface area contributed by atoms with Gasteiger partial charge in [0.25, 0.3) is 0 Å². The molecule has 0 amide bonds. The summed E-state index contributed by atoms with van der Waals surface area (Å²) in [6.07, 6.45) is 5.06. The van der Waals surface area contributed by atoms with Crippen molar-refractivity contribution in [3.8, 4) is 0 Å². The maximum Gasteiger partial charge on any atom is 0.129 e. The van der Waals surface area contributed by atoms with Crippen molar-refractivity contribution in [2.75, 3.05) is 26.2 Å². The molecule has 0 aromatic carbocycles. The molecule has 1 saturated heterocycles. The minimum Gasteiger partial charge on any atom is -0.394 e. The number of nitrogens with zero attached hydrogens (tertiary/aromatic N) is 2. The molecule has 0 unspecified atom stereocenters. The summed E-state index contributed by atoms with van der Waals surface area (Å²) in [6.45, 7) is 8.32. The van der Waals surface area contributed by atoms with Crippen molar-refractivity contribution in [2.24, 2.45) is 5.16 Å². The maximum absolute atomic E-state index is 5.24. The van der Waals surface area contributed by atoms with Crippen LogP contribution >= 0.6 is 0 Å². The molecule has 14 heavy (non-hydrogen) atoms. The molecule has 1 aliphatic heterocycles. The van der Waals surface area contributed by atoms with Crippen LogP contribution in [0.2, 0.25) is 0 Å². The van der Waals surface area contributed by atoms with Crippen LogP contribution in [0, 0.1) is 0 Å². The Labute approximate surface area is 87.1 Å². The van der Waals surface area contributed by atoms with Gasteiger partial charge in [-0.3, -0.25) is 4.90 Å². The SMILES string of the molecule is CC/C(C)=N/OCCN1CCCCC1. The van der Waals surface area contributed by atoms with Gasteiger partial charge in [0, 0.05) is 6.54 Å². The lowest BCUT2D eigenvalue weighted by Crippen LogP contribution is -2.32. The van der Waals surface area contributed by atoms with Gasteiger partial charge in [-0.05, 0) is 39.3 Å². The molecular weight excluding hydrogens is 176 g/mol. The lowest BCUT2D eigenvalue weighted by Gasteiger charge is -2.25. The molecule has 0 aliphatic carbocycles. The summed E-state index contributed by atoms with van der Waals surface area (Å²) in [7, 11) is 0. The highest BCUT2D eigenvalue weighted by Crippen LogP contribution is 2.07. The van der Waals surface area contributed by atoms with Crippen LogP contribution in [-0.4, -0.2) is 36.9 Å². The number of piperidine rings is 1. The molecule has 0 bridgehead atoms. The van der Waals surface area contributed by atoms with Gasteiger partial charge in [0.2, 0.25) is 0 Å². The zero-order chi connectivity index (χ0) is 10.2. The van der Waals surface area contributed by atoms with Crippen molar-refractivity contribution in [3.63, 3.8) is 0 Å². The van der Waals surface area contributed by atoms with Crippen molar-refractivity contribution < 1.29 is 4.84 Å². The van der Waals surface area contributed by atoms with Crippen molar-refractivity contribution in [1.29, 1.82) is 0 Å². The highest BCUT2D eigenvalue weighted by atomic mass is 16.6. The Morgan fingerprint density at radius 2 is 2.00 bits per heavy atom. The molecule has 0 atom stereocenters. The molecule has 1 fully saturated rings. The smallest absolute Gasteiger partial charge is 0.129 e. The van der Waals surface area contributed by atoms with Crippen LogP contribution in [0.4, 0.5) is 0 Å². The number of rotatable bonds is 5. The standard InChI is InChI=1S/C11H22N2O/c1-3-11(2)12-14-10-9-13-7-5-4-6-8-13/h3-10H2,1-2H3/b12-11+. The van der Waals surface area contributed by atoms with Crippen LogP contribution < -0.4 is 0 Å². The summed E-state index contributed by atoms with van der Waals surface area (Å²) in [5.41, 5.74) is 1.07. The molecule has 1 rings (SSSR count). The zero-order valence-electron chi connectivity index (χ0n) is 9.46. The Morgan fingerprint density at radius 1 is 1.29 bits per heavy atom. The van der Waals surface area contributed by atoms with Gasteiger partial charge >= 0.3 is 0 Å². The van der Waals surface area contributed by atoms with Crippen molar-refractivity contribution in [3.05, 3.63) is 0 Å². The third kappa shape index (κ3) is 4.61. The van der Waals surface area contributed by atoms with Crippen molar-refractivity contribution in [2.45, 2.75) is 39.5 Å². The molecular formula is C11H22N2O. The molecule has 0 saturated carbocycles. The van der Waals surface area contributed by atoms with Gasteiger partial charge in [-0.1, -0.05) is 18.5 Å². The fraction of sp³-hybridized carbons (Fsp3) is 0.909. The van der Waals surface area contributed by atoms with Crippen molar-refractivity contribution >= 4 is 5.71 Å². The van der Waals surface area contributed by atoms with Crippen LogP contribution in [0.15, 0.2) is 5.16 Å². The monoisotopic (exact) mass is 198 g/mol. The van der Waals surface area contributed by atoms with Crippen LogP contribution in [0.25, 0.3) is 0 Å². The highest BCUT2D eigenvalue weighted by molar-refractivity contribution is 5.80. The molecule has 1 heterocycles. The topological polar surface area (TPSA) is 24.8 Å². The van der Waals surface area contributed by atoms with Crippen LogP contribution in [0.5, 0.6) is 0 Å². The van der Waals surface area contributed by atoms with E-state index in [-0.39, 0.29) is 0 Å². The fourth-order valence-corrected chi connectivity index (χ4v) is 1.57. The number of oxime groups is 1. The first-order valence-corrected chi connectivity index (χ1v) is 5.70. The Hall–Kier alpha value is -0.570. The summed E-state index contributed by atoms with van der Waals surface area (Å²) >= 11 is 0. The van der Waals surface area contributed by atoms with E-state index < -0.39 is 0 Å². The van der Waals surface area contributed by atoms with Gasteiger partial charge in [-0.25, -0.2) is 0 Å². The predicted octanol–water partition coefficient (Wildman–Crippen LogP) is 2.27. The van der Waals surface area contributed by atoms with E-state index in [1.165, 1.54) is 32.4 Å². The Morgan fingerprint density at radius 3 is 2.64 bits per heavy atom. The Balaban J connectivity index is 2.02. The van der Waals surface area contributed by atoms with Gasteiger partial charge < -0.3 is 4.84 Å². The highest BCUT2D eigenvalue weighted by Gasteiger charge is 2.08. The molecule has 0 aromatic rings. The molecule has 3 nitrogen and oxygen atoms in total.